The van der Waals surface area contributed by atoms with E-state index in [0.717, 1.165) is 37.4 Å². The largest absolute Gasteiger partial charge is 0.496 e. The molecule has 6 heteroatoms. The summed E-state index contributed by atoms with van der Waals surface area (Å²) in [5, 5.41) is 8.02. The van der Waals surface area contributed by atoms with Gasteiger partial charge in [-0.25, -0.2) is 0 Å². The molecule has 2 aliphatic rings. The molecule has 0 aliphatic carbocycles. The molecule has 1 amide bonds. The molecule has 1 aromatic heterocycles. The molecule has 1 unspecified atom stereocenters. The van der Waals surface area contributed by atoms with Crippen LogP contribution in [0.3, 0.4) is 0 Å². The van der Waals surface area contributed by atoms with Gasteiger partial charge in [0.15, 0.2) is 0 Å². The molecule has 0 spiro atoms. The standard InChI is InChI=1S/C17H20N4O2/c1-23-15-4-2-3-12-9-20(8-7-14(12)15)17(22)13-5-6-16-19-18-11-21(16)10-13/h2-4,11,13H,5-10H2,1H3. The quantitative estimate of drug-likeness (QED) is 0.842. The van der Waals surface area contributed by atoms with Gasteiger partial charge in [0.1, 0.15) is 17.9 Å². The lowest BCUT2D eigenvalue weighted by molar-refractivity contribution is -0.137. The second-order valence-electron chi connectivity index (χ2n) is 6.24. The van der Waals surface area contributed by atoms with E-state index in [4.69, 9.17) is 4.74 Å². The monoisotopic (exact) mass is 312 g/mol. The number of methoxy groups -OCH3 is 1. The molecule has 0 saturated heterocycles. The maximum Gasteiger partial charge on any atom is 0.227 e. The summed E-state index contributed by atoms with van der Waals surface area (Å²) in [5.41, 5.74) is 2.44. The van der Waals surface area contributed by atoms with Crippen LogP contribution in [0.4, 0.5) is 0 Å². The van der Waals surface area contributed by atoms with Crippen molar-refractivity contribution in [3.63, 3.8) is 0 Å². The molecule has 6 nitrogen and oxygen atoms in total. The summed E-state index contributed by atoms with van der Waals surface area (Å²) < 4.78 is 7.44. The lowest BCUT2D eigenvalue weighted by Gasteiger charge is -2.33. The first-order chi connectivity index (χ1) is 11.3. The van der Waals surface area contributed by atoms with Crippen LogP contribution < -0.4 is 4.74 Å². The maximum absolute atomic E-state index is 12.9. The van der Waals surface area contributed by atoms with E-state index in [2.05, 4.69) is 16.3 Å². The van der Waals surface area contributed by atoms with Gasteiger partial charge < -0.3 is 14.2 Å². The summed E-state index contributed by atoms with van der Waals surface area (Å²) in [6.07, 6.45) is 4.27. The van der Waals surface area contributed by atoms with E-state index in [1.807, 2.05) is 21.6 Å². The summed E-state index contributed by atoms with van der Waals surface area (Å²) in [6.45, 7) is 2.14. The number of hydrogen-bond donors (Lipinski definition) is 0. The number of ether oxygens (including phenoxy) is 1. The summed E-state index contributed by atoms with van der Waals surface area (Å²) in [7, 11) is 1.70. The minimum atomic E-state index is 0.0330. The van der Waals surface area contributed by atoms with Crippen molar-refractivity contribution in [2.45, 2.75) is 32.4 Å². The van der Waals surface area contributed by atoms with Crippen LogP contribution in [0.1, 0.15) is 23.4 Å². The molecule has 3 heterocycles. The number of aromatic nitrogens is 3. The molecule has 0 radical (unpaired) electrons. The highest BCUT2D eigenvalue weighted by atomic mass is 16.5. The van der Waals surface area contributed by atoms with Crippen molar-refractivity contribution in [2.24, 2.45) is 5.92 Å². The van der Waals surface area contributed by atoms with Gasteiger partial charge >= 0.3 is 0 Å². The van der Waals surface area contributed by atoms with E-state index < -0.39 is 0 Å². The van der Waals surface area contributed by atoms with E-state index in [-0.39, 0.29) is 11.8 Å². The maximum atomic E-state index is 12.9. The third-order valence-corrected chi connectivity index (χ3v) is 4.93. The third-order valence-electron chi connectivity index (χ3n) is 4.93. The second-order valence-corrected chi connectivity index (χ2v) is 6.24. The fraction of sp³-hybridized carbons (Fsp3) is 0.471. The molecule has 1 aromatic carbocycles. The van der Waals surface area contributed by atoms with Crippen LogP contribution >= 0.6 is 0 Å². The second kappa shape index (κ2) is 5.68. The number of rotatable bonds is 2. The zero-order chi connectivity index (χ0) is 15.8. The van der Waals surface area contributed by atoms with E-state index >= 15 is 0 Å². The average molecular weight is 312 g/mol. The molecular weight excluding hydrogens is 292 g/mol. The zero-order valence-corrected chi connectivity index (χ0v) is 13.2. The predicted molar refractivity (Wildman–Crippen MR) is 83.9 cm³/mol. The van der Waals surface area contributed by atoms with E-state index in [9.17, 15) is 4.79 Å². The lowest BCUT2D eigenvalue weighted by atomic mass is 9.94. The van der Waals surface area contributed by atoms with E-state index in [0.29, 0.717) is 13.1 Å². The predicted octanol–water partition coefficient (Wildman–Crippen LogP) is 1.43. The number of aryl methyl sites for hydroxylation is 1. The Morgan fingerprint density at radius 1 is 1.35 bits per heavy atom. The molecule has 4 rings (SSSR count). The van der Waals surface area contributed by atoms with Crippen LogP contribution in [-0.2, 0) is 30.7 Å². The van der Waals surface area contributed by atoms with E-state index in [1.54, 1.807) is 13.4 Å². The first-order valence-corrected chi connectivity index (χ1v) is 8.06. The minimum Gasteiger partial charge on any atom is -0.496 e. The van der Waals surface area contributed by atoms with Crippen molar-refractivity contribution in [3.8, 4) is 5.75 Å². The van der Waals surface area contributed by atoms with Crippen molar-refractivity contribution in [3.05, 3.63) is 41.5 Å². The van der Waals surface area contributed by atoms with Crippen LogP contribution in [0.25, 0.3) is 0 Å². The van der Waals surface area contributed by atoms with Crippen LogP contribution in [0.2, 0.25) is 0 Å². The fourth-order valence-electron chi connectivity index (χ4n) is 3.67. The molecule has 2 aliphatic heterocycles. The molecule has 0 bridgehead atoms. The Kier molecular flexibility index (Phi) is 3.52. The Hall–Kier alpha value is -2.37. The highest BCUT2D eigenvalue weighted by molar-refractivity contribution is 5.79. The Balaban J connectivity index is 1.50. The van der Waals surface area contributed by atoms with Crippen molar-refractivity contribution < 1.29 is 9.53 Å². The van der Waals surface area contributed by atoms with Crippen LogP contribution in [0.5, 0.6) is 5.75 Å². The van der Waals surface area contributed by atoms with E-state index in [1.165, 1.54) is 11.1 Å². The van der Waals surface area contributed by atoms with Gasteiger partial charge in [-0.05, 0) is 24.5 Å². The number of carbonyl (C=O) groups is 1. The SMILES string of the molecule is COc1cccc2c1CCN(C(=O)C1CCc3nncn3C1)C2. The topological polar surface area (TPSA) is 60.2 Å². The summed E-state index contributed by atoms with van der Waals surface area (Å²) >= 11 is 0. The number of carbonyl (C=O) groups excluding carboxylic acids is 1. The van der Waals surface area contributed by atoms with Gasteiger partial charge in [-0.15, -0.1) is 10.2 Å². The normalized spacial score (nSPS) is 19.9. The number of amides is 1. The number of hydrogen-bond acceptors (Lipinski definition) is 4. The van der Waals surface area contributed by atoms with Gasteiger partial charge in [-0.2, -0.15) is 0 Å². The van der Waals surface area contributed by atoms with Gasteiger partial charge in [0.05, 0.1) is 13.0 Å². The first kappa shape index (κ1) is 14.2. The molecular formula is C17H20N4O2. The molecule has 120 valence electrons. The zero-order valence-electron chi connectivity index (χ0n) is 13.2. The number of fused-ring (bicyclic) bond motifs is 2. The van der Waals surface area contributed by atoms with Crippen molar-refractivity contribution in [1.29, 1.82) is 0 Å². The lowest BCUT2D eigenvalue weighted by Crippen LogP contribution is -2.42. The van der Waals surface area contributed by atoms with Crippen LogP contribution in [0, 0.1) is 5.92 Å². The third kappa shape index (κ3) is 2.48. The Bertz CT molecular complexity index is 740. The average Bonchev–Trinajstić information content (AvgIpc) is 3.07. The molecule has 23 heavy (non-hydrogen) atoms. The molecule has 0 N–H and O–H groups in total. The smallest absolute Gasteiger partial charge is 0.227 e. The fourth-order valence-corrected chi connectivity index (χ4v) is 3.67. The van der Waals surface area contributed by atoms with Crippen LogP contribution in [-0.4, -0.2) is 39.2 Å². The Morgan fingerprint density at radius 2 is 2.26 bits per heavy atom. The highest BCUT2D eigenvalue weighted by Gasteiger charge is 2.31. The molecule has 0 fully saturated rings. The number of benzene rings is 1. The van der Waals surface area contributed by atoms with Gasteiger partial charge in [0.25, 0.3) is 0 Å². The number of nitrogens with zero attached hydrogens (tertiary/aromatic N) is 4. The summed E-state index contributed by atoms with van der Waals surface area (Å²) in [4.78, 5) is 14.9. The Labute approximate surface area is 135 Å². The molecule has 0 saturated carbocycles. The first-order valence-electron chi connectivity index (χ1n) is 8.06. The van der Waals surface area contributed by atoms with Crippen molar-refractivity contribution in [2.75, 3.05) is 13.7 Å². The van der Waals surface area contributed by atoms with Crippen molar-refractivity contribution in [1.82, 2.24) is 19.7 Å². The summed E-state index contributed by atoms with van der Waals surface area (Å²) in [6, 6.07) is 6.08. The van der Waals surface area contributed by atoms with Gasteiger partial charge in [0, 0.05) is 31.6 Å². The van der Waals surface area contributed by atoms with Crippen LogP contribution in [0.15, 0.2) is 24.5 Å². The molecule has 1 atom stereocenters. The minimum absolute atomic E-state index is 0.0330. The Morgan fingerprint density at radius 3 is 3.13 bits per heavy atom. The summed E-state index contributed by atoms with van der Waals surface area (Å²) in [5.74, 6) is 2.20. The highest BCUT2D eigenvalue weighted by Crippen LogP contribution is 2.29. The molecule has 2 aromatic rings. The van der Waals surface area contributed by atoms with Gasteiger partial charge in [-0.3, -0.25) is 4.79 Å². The van der Waals surface area contributed by atoms with Gasteiger partial charge in [0.2, 0.25) is 5.91 Å². The van der Waals surface area contributed by atoms with Gasteiger partial charge in [-0.1, -0.05) is 12.1 Å². The van der Waals surface area contributed by atoms with Crippen molar-refractivity contribution >= 4 is 5.91 Å².